The minimum absolute atomic E-state index is 0.343. The van der Waals surface area contributed by atoms with Gasteiger partial charge in [0.2, 0.25) is 0 Å². The second-order valence-electron chi connectivity index (χ2n) is 4.77. The Morgan fingerprint density at radius 3 is 2.58 bits per heavy atom. The molecule has 2 rings (SSSR count). The molecule has 4 nitrogen and oxygen atoms in total. The summed E-state index contributed by atoms with van der Waals surface area (Å²) in [4.78, 5) is 15.5. The van der Waals surface area contributed by atoms with Gasteiger partial charge in [-0.1, -0.05) is 28.9 Å². The number of rotatable bonds is 4. The van der Waals surface area contributed by atoms with Crippen LogP contribution in [-0.4, -0.2) is 48.2 Å². The summed E-state index contributed by atoms with van der Waals surface area (Å²) in [6, 6.07) is 7.89. The average molecular weight is 327 g/mol. The monoisotopic (exact) mass is 326 g/mol. The molecule has 1 N–H and O–H groups in total. The number of nitrogens with zero attached hydrogens (tertiary/aromatic N) is 2. The van der Waals surface area contributed by atoms with Gasteiger partial charge in [0.05, 0.1) is 0 Å². The molecular formula is C14H19BrN2O2. The molecule has 0 bridgehead atoms. The highest BCUT2D eigenvalue weighted by atomic mass is 79.9. The van der Waals surface area contributed by atoms with E-state index in [1.54, 1.807) is 0 Å². The van der Waals surface area contributed by atoms with E-state index in [0.29, 0.717) is 6.42 Å². The number of carboxylic acids is 1. The third kappa shape index (κ3) is 3.48. The van der Waals surface area contributed by atoms with E-state index in [0.717, 1.165) is 30.7 Å². The highest BCUT2D eigenvalue weighted by molar-refractivity contribution is 9.10. The fourth-order valence-electron chi connectivity index (χ4n) is 2.55. The van der Waals surface area contributed by atoms with Crippen LogP contribution in [0, 0.1) is 0 Å². The van der Waals surface area contributed by atoms with Gasteiger partial charge < -0.3 is 10.0 Å². The Bertz CT molecular complexity index is 445. The lowest BCUT2D eigenvalue weighted by atomic mass is 10.1. The first-order valence-electron chi connectivity index (χ1n) is 6.59. The summed E-state index contributed by atoms with van der Waals surface area (Å²) in [7, 11) is 0. The Labute approximate surface area is 122 Å². The first-order chi connectivity index (χ1) is 9.11. The van der Waals surface area contributed by atoms with E-state index in [9.17, 15) is 9.90 Å². The minimum atomic E-state index is -0.710. The Hall–Kier alpha value is -1.07. The number of benzene rings is 1. The lowest BCUT2D eigenvalue weighted by Crippen LogP contribution is -2.52. The van der Waals surface area contributed by atoms with Crippen molar-refractivity contribution in [2.24, 2.45) is 0 Å². The van der Waals surface area contributed by atoms with Crippen LogP contribution in [0.2, 0.25) is 0 Å². The minimum Gasteiger partial charge on any atom is -0.480 e. The molecule has 1 unspecified atom stereocenters. The number of carboxylic acid groups (broad SMARTS) is 1. The lowest BCUT2D eigenvalue weighted by Gasteiger charge is -2.38. The van der Waals surface area contributed by atoms with Gasteiger partial charge in [0, 0.05) is 36.3 Å². The molecule has 0 aliphatic carbocycles. The van der Waals surface area contributed by atoms with Crippen molar-refractivity contribution in [2.45, 2.75) is 19.4 Å². The SMILES string of the molecule is CCC(C(=O)O)N1CCN(c2cccc(Br)c2)CC1. The predicted molar refractivity (Wildman–Crippen MR) is 79.6 cm³/mol. The van der Waals surface area contributed by atoms with Crippen molar-refractivity contribution >= 4 is 27.6 Å². The number of aliphatic carboxylic acids is 1. The molecule has 0 aromatic heterocycles. The molecule has 5 heteroatoms. The zero-order valence-electron chi connectivity index (χ0n) is 11.1. The largest absolute Gasteiger partial charge is 0.480 e. The molecule has 1 aliphatic rings. The standard InChI is InChI=1S/C14H19BrN2O2/c1-2-13(14(18)19)17-8-6-16(7-9-17)12-5-3-4-11(15)10-12/h3-5,10,13H,2,6-9H2,1H3,(H,18,19). The van der Waals surface area contributed by atoms with Crippen molar-refractivity contribution < 1.29 is 9.90 Å². The molecule has 1 heterocycles. The van der Waals surface area contributed by atoms with E-state index in [-0.39, 0.29) is 6.04 Å². The van der Waals surface area contributed by atoms with E-state index in [1.165, 1.54) is 5.69 Å². The summed E-state index contributed by atoms with van der Waals surface area (Å²) < 4.78 is 1.07. The molecule has 104 valence electrons. The Kier molecular flexibility index (Phi) is 4.82. The van der Waals surface area contributed by atoms with Gasteiger partial charge in [-0.25, -0.2) is 0 Å². The van der Waals surface area contributed by atoms with Crippen LogP contribution in [0.1, 0.15) is 13.3 Å². The Balaban J connectivity index is 1.97. The fraction of sp³-hybridized carbons (Fsp3) is 0.500. The van der Waals surface area contributed by atoms with Crippen LogP contribution in [0.25, 0.3) is 0 Å². The third-order valence-electron chi connectivity index (χ3n) is 3.60. The molecule has 0 saturated carbocycles. The number of carbonyl (C=O) groups is 1. The van der Waals surface area contributed by atoms with Crippen molar-refractivity contribution in [3.05, 3.63) is 28.7 Å². The Morgan fingerprint density at radius 2 is 2.05 bits per heavy atom. The van der Waals surface area contributed by atoms with Gasteiger partial charge in [-0.15, -0.1) is 0 Å². The third-order valence-corrected chi connectivity index (χ3v) is 4.09. The molecule has 1 saturated heterocycles. The van der Waals surface area contributed by atoms with Crippen molar-refractivity contribution in [2.75, 3.05) is 31.1 Å². The second kappa shape index (κ2) is 6.39. The quantitative estimate of drug-likeness (QED) is 0.922. The van der Waals surface area contributed by atoms with Gasteiger partial charge in [0.15, 0.2) is 0 Å². The van der Waals surface area contributed by atoms with Crippen molar-refractivity contribution in [3.63, 3.8) is 0 Å². The summed E-state index contributed by atoms with van der Waals surface area (Å²) >= 11 is 3.48. The highest BCUT2D eigenvalue weighted by Gasteiger charge is 2.27. The Morgan fingerprint density at radius 1 is 1.37 bits per heavy atom. The van der Waals surface area contributed by atoms with Crippen LogP contribution < -0.4 is 4.90 Å². The molecule has 0 radical (unpaired) electrons. The molecule has 0 spiro atoms. The molecule has 1 atom stereocenters. The van der Waals surface area contributed by atoms with E-state index in [1.807, 2.05) is 19.1 Å². The van der Waals surface area contributed by atoms with Crippen LogP contribution in [0.3, 0.4) is 0 Å². The highest BCUT2D eigenvalue weighted by Crippen LogP contribution is 2.21. The van der Waals surface area contributed by atoms with Gasteiger partial charge >= 0.3 is 5.97 Å². The maximum atomic E-state index is 11.2. The van der Waals surface area contributed by atoms with E-state index < -0.39 is 5.97 Å². The number of hydrogen-bond donors (Lipinski definition) is 1. The number of anilines is 1. The first-order valence-corrected chi connectivity index (χ1v) is 7.38. The molecule has 0 amide bonds. The van der Waals surface area contributed by atoms with Crippen molar-refractivity contribution in [3.8, 4) is 0 Å². The van der Waals surface area contributed by atoms with Crippen LogP contribution in [0.5, 0.6) is 0 Å². The number of piperazine rings is 1. The molecule has 1 aliphatic heterocycles. The normalized spacial score (nSPS) is 18.3. The van der Waals surface area contributed by atoms with Gasteiger partial charge in [-0.3, -0.25) is 9.69 Å². The van der Waals surface area contributed by atoms with E-state index >= 15 is 0 Å². The fourth-order valence-corrected chi connectivity index (χ4v) is 2.94. The van der Waals surface area contributed by atoms with Gasteiger partial charge in [-0.2, -0.15) is 0 Å². The smallest absolute Gasteiger partial charge is 0.320 e. The van der Waals surface area contributed by atoms with Crippen molar-refractivity contribution in [1.29, 1.82) is 0 Å². The molecule has 1 aromatic rings. The van der Waals surface area contributed by atoms with Gasteiger partial charge in [0.25, 0.3) is 0 Å². The number of hydrogen-bond acceptors (Lipinski definition) is 3. The topological polar surface area (TPSA) is 43.8 Å². The summed E-state index contributed by atoms with van der Waals surface area (Å²) in [6.45, 7) is 5.29. The molecule has 1 fully saturated rings. The first kappa shape index (κ1) is 14.3. The zero-order chi connectivity index (χ0) is 13.8. The summed E-state index contributed by atoms with van der Waals surface area (Å²) in [6.07, 6.45) is 0.659. The van der Waals surface area contributed by atoms with Crippen LogP contribution in [0.4, 0.5) is 5.69 Å². The predicted octanol–water partition coefficient (Wildman–Crippen LogP) is 2.43. The summed E-state index contributed by atoms with van der Waals surface area (Å²) in [5, 5.41) is 9.18. The summed E-state index contributed by atoms with van der Waals surface area (Å²) in [5.74, 6) is -0.710. The van der Waals surface area contributed by atoms with Crippen LogP contribution in [-0.2, 0) is 4.79 Å². The zero-order valence-corrected chi connectivity index (χ0v) is 12.6. The van der Waals surface area contributed by atoms with Gasteiger partial charge in [-0.05, 0) is 24.6 Å². The molecule has 19 heavy (non-hydrogen) atoms. The lowest BCUT2D eigenvalue weighted by molar-refractivity contribution is -0.143. The van der Waals surface area contributed by atoms with Gasteiger partial charge in [0.1, 0.15) is 6.04 Å². The second-order valence-corrected chi connectivity index (χ2v) is 5.68. The maximum Gasteiger partial charge on any atom is 0.320 e. The van der Waals surface area contributed by atoms with Crippen LogP contribution >= 0.6 is 15.9 Å². The van der Waals surface area contributed by atoms with E-state index in [4.69, 9.17) is 0 Å². The maximum absolute atomic E-state index is 11.2. The number of halogens is 1. The average Bonchev–Trinajstić information content (AvgIpc) is 2.40. The van der Waals surface area contributed by atoms with Crippen molar-refractivity contribution in [1.82, 2.24) is 4.90 Å². The van der Waals surface area contributed by atoms with Crippen LogP contribution in [0.15, 0.2) is 28.7 Å². The molecule has 1 aromatic carbocycles. The summed E-state index contributed by atoms with van der Waals surface area (Å²) in [5.41, 5.74) is 1.19. The molecular weight excluding hydrogens is 308 g/mol. The van der Waals surface area contributed by atoms with E-state index in [2.05, 4.69) is 37.9 Å².